The zero-order chi connectivity index (χ0) is 23.0. The van der Waals surface area contributed by atoms with Crippen LogP contribution in [0.3, 0.4) is 0 Å². The Bertz CT molecular complexity index is 983. The standard InChI is InChI=1S/C26H35N5O2.HI/c1-3-27-26(29-22-13-15-30(19-22)23-10-4-5-11-24(23)33-2)28-17-20-8-6-9-21(16-20)18-31-14-7-12-25(31)32;/h4-6,8-11,16,22H,3,7,12-15,17-19H2,1-2H3,(H2,27,28,29);1H. The zero-order valence-electron chi connectivity index (χ0n) is 20.1. The topological polar surface area (TPSA) is 69.2 Å². The number of carbonyl (C=O) groups is 1. The van der Waals surface area contributed by atoms with Crippen molar-refractivity contribution in [3.05, 3.63) is 59.7 Å². The highest BCUT2D eigenvalue weighted by Gasteiger charge is 2.25. The van der Waals surface area contributed by atoms with Crippen molar-refractivity contribution in [2.24, 2.45) is 4.99 Å². The first kappa shape index (κ1) is 26.1. The summed E-state index contributed by atoms with van der Waals surface area (Å²) < 4.78 is 5.54. The molecule has 184 valence electrons. The molecule has 1 unspecified atom stereocenters. The number of hydrogen-bond acceptors (Lipinski definition) is 4. The van der Waals surface area contributed by atoms with Crippen molar-refractivity contribution in [2.45, 2.75) is 45.3 Å². The molecular weight excluding hydrogens is 541 g/mol. The van der Waals surface area contributed by atoms with Crippen molar-refractivity contribution in [1.29, 1.82) is 0 Å². The highest BCUT2D eigenvalue weighted by molar-refractivity contribution is 14.0. The number of ether oxygens (including phenoxy) is 1. The lowest BCUT2D eigenvalue weighted by Gasteiger charge is -2.22. The van der Waals surface area contributed by atoms with Crippen molar-refractivity contribution < 1.29 is 9.53 Å². The summed E-state index contributed by atoms with van der Waals surface area (Å²) in [4.78, 5) is 21.1. The summed E-state index contributed by atoms with van der Waals surface area (Å²) in [6, 6.07) is 16.9. The van der Waals surface area contributed by atoms with Crippen LogP contribution in [0, 0.1) is 0 Å². The molecule has 4 rings (SSSR count). The van der Waals surface area contributed by atoms with Gasteiger partial charge in [0.25, 0.3) is 0 Å². The van der Waals surface area contributed by atoms with E-state index in [4.69, 9.17) is 9.73 Å². The Morgan fingerprint density at radius 2 is 1.97 bits per heavy atom. The van der Waals surface area contributed by atoms with Crippen LogP contribution in [-0.2, 0) is 17.9 Å². The number of likely N-dealkylation sites (tertiary alicyclic amines) is 1. The summed E-state index contributed by atoms with van der Waals surface area (Å²) in [5.74, 6) is 2.01. The fraction of sp³-hybridized carbons (Fsp3) is 0.462. The maximum absolute atomic E-state index is 11.9. The Labute approximate surface area is 220 Å². The quantitative estimate of drug-likeness (QED) is 0.284. The van der Waals surface area contributed by atoms with Gasteiger partial charge in [-0.25, -0.2) is 4.99 Å². The summed E-state index contributed by atoms with van der Waals surface area (Å²) in [6.07, 6.45) is 2.69. The molecule has 2 heterocycles. The highest BCUT2D eigenvalue weighted by atomic mass is 127. The van der Waals surface area contributed by atoms with E-state index in [1.165, 1.54) is 5.56 Å². The Morgan fingerprint density at radius 3 is 2.74 bits per heavy atom. The second-order valence-electron chi connectivity index (χ2n) is 8.68. The van der Waals surface area contributed by atoms with Gasteiger partial charge in [-0.3, -0.25) is 4.79 Å². The Kier molecular flexibility index (Phi) is 9.86. The van der Waals surface area contributed by atoms with Crippen LogP contribution >= 0.6 is 24.0 Å². The number of nitrogens with one attached hydrogen (secondary N) is 2. The average molecular weight is 578 g/mol. The number of amides is 1. The van der Waals surface area contributed by atoms with E-state index in [-0.39, 0.29) is 29.9 Å². The molecule has 1 atom stereocenters. The number of halogens is 1. The van der Waals surface area contributed by atoms with Gasteiger partial charge in [0, 0.05) is 45.2 Å². The van der Waals surface area contributed by atoms with Crippen molar-refractivity contribution in [1.82, 2.24) is 15.5 Å². The molecule has 0 aromatic heterocycles. The van der Waals surface area contributed by atoms with Gasteiger partial charge in [0.05, 0.1) is 19.3 Å². The van der Waals surface area contributed by atoms with Gasteiger partial charge in [0.1, 0.15) is 5.75 Å². The van der Waals surface area contributed by atoms with E-state index in [1.54, 1.807) is 7.11 Å². The molecule has 0 saturated carbocycles. The van der Waals surface area contributed by atoms with Gasteiger partial charge in [-0.1, -0.05) is 36.4 Å². The van der Waals surface area contributed by atoms with E-state index >= 15 is 0 Å². The van der Waals surface area contributed by atoms with Crippen LogP contribution in [0.15, 0.2) is 53.5 Å². The van der Waals surface area contributed by atoms with Crippen LogP contribution in [0.25, 0.3) is 0 Å². The van der Waals surface area contributed by atoms with Crippen LogP contribution in [0.5, 0.6) is 5.75 Å². The lowest BCUT2D eigenvalue weighted by atomic mass is 10.1. The lowest BCUT2D eigenvalue weighted by molar-refractivity contribution is -0.128. The molecule has 2 aromatic carbocycles. The fourth-order valence-electron chi connectivity index (χ4n) is 4.59. The SMILES string of the molecule is CCNC(=NCc1cccc(CN2CCCC2=O)c1)NC1CCN(c2ccccc2OC)C1.I. The molecule has 2 saturated heterocycles. The second-order valence-corrected chi connectivity index (χ2v) is 8.68. The number of anilines is 1. The van der Waals surface area contributed by atoms with E-state index in [9.17, 15) is 4.79 Å². The Hall–Kier alpha value is -2.49. The first-order chi connectivity index (χ1) is 16.2. The smallest absolute Gasteiger partial charge is 0.222 e. The predicted molar refractivity (Wildman–Crippen MR) is 148 cm³/mol. The minimum Gasteiger partial charge on any atom is -0.495 e. The van der Waals surface area contributed by atoms with Gasteiger partial charge in [0.15, 0.2) is 5.96 Å². The van der Waals surface area contributed by atoms with Crippen molar-refractivity contribution in [2.75, 3.05) is 38.2 Å². The third-order valence-electron chi connectivity index (χ3n) is 6.26. The third-order valence-corrected chi connectivity index (χ3v) is 6.26. The van der Waals surface area contributed by atoms with E-state index in [0.717, 1.165) is 62.0 Å². The molecule has 2 fully saturated rings. The molecule has 2 aromatic rings. The molecule has 2 aliphatic rings. The van der Waals surface area contributed by atoms with Crippen LogP contribution in [0.1, 0.15) is 37.3 Å². The molecule has 0 spiro atoms. The molecule has 2 aliphatic heterocycles. The number of hydrogen-bond donors (Lipinski definition) is 2. The number of carbonyl (C=O) groups excluding carboxylic acids is 1. The van der Waals surface area contributed by atoms with Crippen molar-refractivity contribution in [3.63, 3.8) is 0 Å². The fourth-order valence-corrected chi connectivity index (χ4v) is 4.59. The van der Waals surface area contributed by atoms with E-state index in [0.29, 0.717) is 25.6 Å². The van der Waals surface area contributed by atoms with Crippen LogP contribution < -0.4 is 20.3 Å². The molecule has 2 N–H and O–H groups in total. The van der Waals surface area contributed by atoms with E-state index in [1.807, 2.05) is 17.0 Å². The second kappa shape index (κ2) is 12.8. The van der Waals surface area contributed by atoms with Crippen LogP contribution in [0.2, 0.25) is 0 Å². The van der Waals surface area contributed by atoms with E-state index < -0.39 is 0 Å². The first-order valence-electron chi connectivity index (χ1n) is 11.9. The number of guanidine groups is 1. The lowest BCUT2D eigenvalue weighted by Crippen LogP contribution is -2.44. The number of aliphatic imine (C=N–C) groups is 1. The average Bonchev–Trinajstić information content (AvgIpc) is 3.47. The maximum atomic E-state index is 11.9. The number of para-hydroxylation sites is 2. The van der Waals surface area contributed by atoms with Crippen molar-refractivity contribution in [3.8, 4) is 5.75 Å². The summed E-state index contributed by atoms with van der Waals surface area (Å²) in [5, 5.41) is 6.99. The molecule has 1 amide bonds. The minimum absolute atomic E-state index is 0. The number of rotatable bonds is 8. The zero-order valence-corrected chi connectivity index (χ0v) is 22.5. The molecule has 7 nitrogen and oxygen atoms in total. The Morgan fingerprint density at radius 1 is 1.15 bits per heavy atom. The predicted octanol–water partition coefficient (Wildman–Crippen LogP) is 3.77. The van der Waals surface area contributed by atoms with Gasteiger partial charge in [0.2, 0.25) is 5.91 Å². The largest absolute Gasteiger partial charge is 0.495 e. The Balaban J connectivity index is 0.00000324. The molecule has 34 heavy (non-hydrogen) atoms. The number of methoxy groups -OCH3 is 1. The van der Waals surface area contributed by atoms with Gasteiger partial charge in [-0.05, 0) is 43.0 Å². The van der Waals surface area contributed by atoms with Crippen LogP contribution in [-0.4, -0.2) is 56.1 Å². The normalized spacial score (nSPS) is 18.1. The van der Waals surface area contributed by atoms with Gasteiger partial charge in [-0.2, -0.15) is 0 Å². The van der Waals surface area contributed by atoms with Crippen LogP contribution in [0.4, 0.5) is 5.69 Å². The summed E-state index contributed by atoms with van der Waals surface area (Å²) >= 11 is 0. The van der Waals surface area contributed by atoms with Gasteiger partial charge < -0.3 is 25.2 Å². The third kappa shape index (κ3) is 6.77. The van der Waals surface area contributed by atoms with Gasteiger partial charge >= 0.3 is 0 Å². The first-order valence-corrected chi connectivity index (χ1v) is 11.9. The molecule has 0 aliphatic carbocycles. The maximum Gasteiger partial charge on any atom is 0.222 e. The number of benzene rings is 2. The molecule has 0 bridgehead atoms. The van der Waals surface area contributed by atoms with Gasteiger partial charge in [-0.15, -0.1) is 24.0 Å². The highest BCUT2D eigenvalue weighted by Crippen LogP contribution is 2.30. The van der Waals surface area contributed by atoms with Crippen molar-refractivity contribution >= 4 is 41.5 Å². The summed E-state index contributed by atoms with van der Waals surface area (Å²) in [6.45, 7) is 6.93. The monoisotopic (exact) mass is 577 g/mol. The molecule has 0 radical (unpaired) electrons. The molecular formula is C26H36IN5O2. The molecule has 8 heteroatoms. The minimum atomic E-state index is 0. The summed E-state index contributed by atoms with van der Waals surface area (Å²) in [5.41, 5.74) is 3.46. The van der Waals surface area contributed by atoms with E-state index in [2.05, 4.69) is 58.9 Å². The number of nitrogens with zero attached hydrogens (tertiary/aromatic N) is 3. The summed E-state index contributed by atoms with van der Waals surface area (Å²) in [7, 11) is 1.72.